The minimum Gasteiger partial charge on any atom is -0.412 e. The molecule has 0 aliphatic heterocycles. The Kier molecular flexibility index (Phi) is 8.93. The Bertz CT molecular complexity index is 484. The van der Waals surface area contributed by atoms with Crippen LogP contribution < -0.4 is 0 Å². The molecule has 2 atom stereocenters. The molecule has 0 amide bonds. The largest absolute Gasteiger partial charge is 0.412 e. The van der Waals surface area contributed by atoms with Crippen LogP contribution in [0.15, 0.2) is 0 Å². The van der Waals surface area contributed by atoms with Gasteiger partial charge in [-0.3, -0.25) is 0 Å². The molecule has 0 aromatic heterocycles. The lowest BCUT2D eigenvalue weighted by Gasteiger charge is -2.55. The lowest BCUT2D eigenvalue weighted by Crippen LogP contribution is -2.67. The molecule has 0 aromatic rings. The van der Waals surface area contributed by atoms with Gasteiger partial charge in [-0.25, -0.2) is 0 Å². The summed E-state index contributed by atoms with van der Waals surface area (Å²) in [4.78, 5) is 0. The third-order valence-electron chi connectivity index (χ3n) is 8.85. The molecule has 0 saturated carbocycles. The summed E-state index contributed by atoms with van der Waals surface area (Å²) >= 11 is 0. The van der Waals surface area contributed by atoms with E-state index in [0.29, 0.717) is 0 Å². The zero-order valence-corrected chi connectivity index (χ0v) is 24.5. The molecule has 0 rings (SSSR count). The minimum absolute atomic E-state index is 0.0517. The van der Waals surface area contributed by atoms with Crippen LogP contribution in [0.2, 0.25) is 49.9 Å². The second-order valence-corrected chi connectivity index (χ2v) is 26.1. The van der Waals surface area contributed by atoms with Gasteiger partial charge in [0.2, 0.25) is 8.32 Å². The molecule has 2 unspecified atom stereocenters. The van der Waals surface area contributed by atoms with Crippen molar-refractivity contribution >= 4 is 24.7 Å². The van der Waals surface area contributed by atoms with Gasteiger partial charge in [-0.05, 0) is 64.0 Å². The first-order valence-electron chi connectivity index (χ1n) is 11.2. The van der Waals surface area contributed by atoms with E-state index in [-0.39, 0.29) is 15.5 Å². The SMILES string of the molecule is CCC(C)[Si](C)(C)C(C)(C)O[Si](C)(C)C(C)(CC)O[Si](C)(C)C(C)(C)CC. The summed E-state index contributed by atoms with van der Waals surface area (Å²) in [6, 6.07) is 0. The van der Waals surface area contributed by atoms with Gasteiger partial charge in [0.15, 0.2) is 8.32 Å². The van der Waals surface area contributed by atoms with Crippen molar-refractivity contribution < 1.29 is 8.85 Å². The van der Waals surface area contributed by atoms with Gasteiger partial charge in [0.1, 0.15) is 0 Å². The lowest BCUT2D eigenvalue weighted by molar-refractivity contribution is 0.0788. The van der Waals surface area contributed by atoms with Crippen molar-refractivity contribution in [1.29, 1.82) is 0 Å². The number of hydrogen-bond donors (Lipinski definition) is 0. The molecule has 0 aliphatic rings. The first-order chi connectivity index (χ1) is 11.8. The van der Waals surface area contributed by atoms with E-state index >= 15 is 0 Å². The molecule has 164 valence electrons. The molecule has 0 fully saturated rings. The summed E-state index contributed by atoms with van der Waals surface area (Å²) in [5.41, 5.74) is 0.746. The monoisotopic (exact) mass is 432 g/mol. The zero-order chi connectivity index (χ0) is 22.1. The second kappa shape index (κ2) is 8.75. The van der Waals surface area contributed by atoms with Gasteiger partial charge in [-0.15, -0.1) is 0 Å². The van der Waals surface area contributed by atoms with E-state index in [9.17, 15) is 0 Å². The molecule has 0 radical (unpaired) electrons. The summed E-state index contributed by atoms with van der Waals surface area (Å²) in [5, 5.41) is 0.0461. The van der Waals surface area contributed by atoms with Crippen LogP contribution in [-0.4, -0.2) is 35.2 Å². The maximum absolute atomic E-state index is 7.16. The second-order valence-electron chi connectivity index (χ2n) is 11.6. The first kappa shape index (κ1) is 27.6. The van der Waals surface area contributed by atoms with Crippen molar-refractivity contribution in [3.63, 3.8) is 0 Å². The molecule has 5 heteroatoms. The highest BCUT2D eigenvalue weighted by molar-refractivity contribution is 6.83. The Morgan fingerprint density at radius 2 is 1.15 bits per heavy atom. The maximum atomic E-state index is 7.16. The Labute approximate surface area is 175 Å². The van der Waals surface area contributed by atoms with Crippen molar-refractivity contribution in [2.45, 2.75) is 142 Å². The number of rotatable bonds is 11. The van der Waals surface area contributed by atoms with Gasteiger partial charge in [-0.1, -0.05) is 67.5 Å². The summed E-state index contributed by atoms with van der Waals surface area (Å²) < 4.78 is 14.3. The highest BCUT2D eigenvalue weighted by Crippen LogP contribution is 2.47. The van der Waals surface area contributed by atoms with E-state index in [1.807, 2.05) is 0 Å². The average molecular weight is 433 g/mol. The molecular weight excluding hydrogens is 380 g/mol. The first-order valence-corrected chi connectivity index (χ1v) is 20.1. The number of hydrogen-bond acceptors (Lipinski definition) is 2. The van der Waals surface area contributed by atoms with E-state index in [4.69, 9.17) is 8.85 Å². The van der Waals surface area contributed by atoms with Gasteiger partial charge < -0.3 is 8.85 Å². The van der Waals surface area contributed by atoms with Crippen LogP contribution in [0.5, 0.6) is 0 Å². The summed E-state index contributed by atoms with van der Waals surface area (Å²) in [5.74, 6) is 0. The maximum Gasteiger partial charge on any atom is 0.216 e. The third-order valence-corrected chi connectivity index (χ3v) is 23.9. The Morgan fingerprint density at radius 1 is 0.704 bits per heavy atom. The van der Waals surface area contributed by atoms with Crippen LogP contribution in [0.1, 0.15) is 81.6 Å². The van der Waals surface area contributed by atoms with Crippen LogP contribution in [0, 0.1) is 0 Å². The van der Waals surface area contributed by atoms with Crippen LogP contribution in [0.3, 0.4) is 0 Å². The van der Waals surface area contributed by atoms with E-state index in [0.717, 1.165) is 18.4 Å². The molecule has 0 spiro atoms. The molecule has 0 heterocycles. The fourth-order valence-electron chi connectivity index (χ4n) is 3.73. The van der Waals surface area contributed by atoms with Crippen molar-refractivity contribution in [1.82, 2.24) is 0 Å². The van der Waals surface area contributed by atoms with Gasteiger partial charge in [0.05, 0.1) is 13.3 Å². The van der Waals surface area contributed by atoms with Crippen molar-refractivity contribution in [2.75, 3.05) is 0 Å². The van der Waals surface area contributed by atoms with E-state index in [1.54, 1.807) is 0 Å². The summed E-state index contributed by atoms with van der Waals surface area (Å²) in [6.45, 7) is 35.7. The Balaban J connectivity index is 5.87. The van der Waals surface area contributed by atoms with Gasteiger partial charge in [0, 0.05) is 5.22 Å². The molecule has 0 aliphatic carbocycles. The van der Waals surface area contributed by atoms with Crippen LogP contribution in [0.4, 0.5) is 0 Å². The Hall–Kier alpha value is 0.571. The summed E-state index contributed by atoms with van der Waals surface area (Å²) in [7, 11) is -5.57. The van der Waals surface area contributed by atoms with Crippen LogP contribution in [0.25, 0.3) is 0 Å². The van der Waals surface area contributed by atoms with Gasteiger partial charge >= 0.3 is 0 Å². The molecule has 27 heavy (non-hydrogen) atoms. The normalized spacial score (nSPS) is 18.3. The molecule has 0 bridgehead atoms. The fraction of sp³-hybridized carbons (Fsp3) is 1.00. The molecule has 0 saturated heterocycles. The van der Waals surface area contributed by atoms with Gasteiger partial charge in [0.25, 0.3) is 0 Å². The predicted molar refractivity (Wildman–Crippen MR) is 131 cm³/mol. The van der Waals surface area contributed by atoms with E-state index < -0.39 is 24.7 Å². The van der Waals surface area contributed by atoms with E-state index in [1.165, 1.54) is 6.42 Å². The molecule has 0 aromatic carbocycles. The van der Waals surface area contributed by atoms with Crippen LogP contribution in [-0.2, 0) is 8.85 Å². The minimum atomic E-state index is -2.11. The summed E-state index contributed by atoms with van der Waals surface area (Å²) in [6.07, 6.45) is 3.42. The Morgan fingerprint density at radius 3 is 1.48 bits per heavy atom. The van der Waals surface area contributed by atoms with E-state index in [2.05, 4.69) is 102 Å². The molecular formula is C22H52O2Si3. The highest BCUT2D eigenvalue weighted by atomic mass is 28.4. The quantitative estimate of drug-likeness (QED) is 0.306. The van der Waals surface area contributed by atoms with Crippen molar-refractivity contribution in [3.8, 4) is 0 Å². The smallest absolute Gasteiger partial charge is 0.216 e. The third kappa shape index (κ3) is 5.59. The predicted octanol–water partition coefficient (Wildman–Crippen LogP) is 8.15. The van der Waals surface area contributed by atoms with Crippen molar-refractivity contribution in [3.05, 3.63) is 0 Å². The van der Waals surface area contributed by atoms with Crippen LogP contribution >= 0.6 is 0 Å². The standard InChI is InChI=1S/C22H52O2Si3/c1-16-19(4)25(10,11)21(7,8)23-27(14,15)22(9,18-3)24-26(12,13)20(5,6)17-2/h19H,16-18H2,1-15H3. The topological polar surface area (TPSA) is 18.5 Å². The highest BCUT2D eigenvalue weighted by Gasteiger charge is 2.55. The zero-order valence-electron chi connectivity index (χ0n) is 21.5. The fourth-order valence-corrected chi connectivity index (χ4v) is 14.2. The molecule has 0 N–H and O–H groups in total. The van der Waals surface area contributed by atoms with Gasteiger partial charge in [-0.2, -0.15) is 0 Å². The van der Waals surface area contributed by atoms with Crippen molar-refractivity contribution in [2.24, 2.45) is 0 Å². The lowest BCUT2D eigenvalue weighted by atomic mass is 10.1. The average Bonchev–Trinajstić information content (AvgIpc) is 2.51. The molecule has 2 nitrogen and oxygen atoms in total.